The highest BCUT2D eigenvalue weighted by Crippen LogP contribution is 2.27. The van der Waals surface area contributed by atoms with Crippen LogP contribution in [0, 0.1) is 6.92 Å². The first kappa shape index (κ1) is 13.3. The van der Waals surface area contributed by atoms with E-state index in [1.54, 1.807) is 6.92 Å². The average Bonchev–Trinajstić information content (AvgIpc) is 2.80. The summed E-state index contributed by atoms with van der Waals surface area (Å²) in [5.41, 5.74) is 0.782. The highest BCUT2D eigenvalue weighted by Gasteiger charge is 2.38. The van der Waals surface area contributed by atoms with E-state index < -0.39 is 12.3 Å². The number of ether oxygens (including phenoxy) is 1. The van der Waals surface area contributed by atoms with E-state index >= 15 is 0 Å². The molecule has 0 radical (unpaired) electrons. The van der Waals surface area contributed by atoms with Gasteiger partial charge in [-0.2, -0.15) is 18.2 Å². The van der Waals surface area contributed by atoms with Crippen molar-refractivity contribution in [3.05, 3.63) is 24.2 Å². The lowest BCUT2D eigenvalue weighted by Gasteiger charge is -2.18. The molecule has 0 aliphatic rings. The van der Waals surface area contributed by atoms with E-state index in [1.165, 1.54) is 12.1 Å². The Kier molecular flexibility index (Phi) is 3.41. The van der Waals surface area contributed by atoms with Crippen molar-refractivity contribution in [1.29, 1.82) is 0 Å². The molecular formula is C11H10F3N3O2. The van der Waals surface area contributed by atoms with Crippen LogP contribution in [0.3, 0.4) is 0 Å². The molecule has 1 unspecified atom stereocenters. The Bertz CT molecular complexity index is 555. The summed E-state index contributed by atoms with van der Waals surface area (Å²) in [5, 5.41) is 3.57. The molecule has 0 amide bonds. The molecule has 0 aromatic carbocycles. The van der Waals surface area contributed by atoms with Gasteiger partial charge in [-0.1, -0.05) is 5.16 Å². The molecule has 0 aliphatic carbocycles. The molecule has 2 heterocycles. The topological polar surface area (TPSA) is 61.0 Å². The maximum Gasteiger partial charge on any atom is 0.425 e. The standard InChI is InChI=1S/C11H10F3N3O2/c1-6-3-8(19-7(2)11(12,13)14)4-9(16-6)10-15-5-18-17-10/h3-5,7H,1-2H3. The monoisotopic (exact) mass is 273 g/mol. The quantitative estimate of drug-likeness (QED) is 0.860. The van der Waals surface area contributed by atoms with E-state index in [1.807, 2.05) is 0 Å². The minimum atomic E-state index is -4.43. The van der Waals surface area contributed by atoms with Gasteiger partial charge in [-0.05, 0) is 13.8 Å². The van der Waals surface area contributed by atoms with Crippen molar-refractivity contribution in [2.75, 3.05) is 0 Å². The molecule has 0 aliphatic heterocycles. The Hall–Kier alpha value is -2.12. The zero-order valence-electron chi connectivity index (χ0n) is 10.1. The fourth-order valence-electron chi connectivity index (χ4n) is 1.37. The molecule has 0 spiro atoms. The summed E-state index contributed by atoms with van der Waals surface area (Å²) in [6.45, 7) is 2.57. The second kappa shape index (κ2) is 4.87. The van der Waals surface area contributed by atoms with Crippen molar-refractivity contribution in [2.24, 2.45) is 0 Å². The molecule has 2 rings (SSSR count). The van der Waals surface area contributed by atoms with Crippen molar-refractivity contribution in [1.82, 2.24) is 15.1 Å². The van der Waals surface area contributed by atoms with Crippen LogP contribution in [0.2, 0.25) is 0 Å². The molecule has 0 saturated heterocycles. The number of aromatic nitrogens is 3. The van der Waals surface area contributed by atoms with Crippen molar-refractivity contribution >= 4 is 0 Å². The Labute approximate surface area is 106 Å². The molecule has 8 heteroatoms. The van der Waals surface area contributed by atoms with E-state index in [0.717, 1.165) is 13.3 Å². The highest BCUT2D eigenvalue weighted by atomic mass is 19.4. The van der Waals surface area contributed by atoms with E-state index in [2.05, 4.69) is 19.6 Å². The molecule has 0 saturated carbocycles. The fourth-order valence-corrected chi connectivity index (χ4v) is 1.37. The Morgan fingerprint density at radius 1 is 1.32 bits per heavy atom. The number of hydrogen-bond acceptors (Lipinski definition) is 5. The van der Waals surface area contributed by atoms with Gasteiger partial charge in [0.15, 0.2) is 6.10 Å². The average molecular weight is 273 g/mol. The van der Waals surface area contributed by atoms with Crippen LogP contribution in [0.5, 0.6) is 5.75 Å². The summed E-state index contributed by atoms with van der Waals surface area (Å²) < 4.78 is 46.7. The molecule has 0 N–H and O–H groups in total. The minimum absolute atomic E-state index is 0.0529. The first-order valence-corrected chi connectivity index (χ1v) is 5.35. The van der Waals surface area contributed by atoms with Crippen LogP contribution < -0.4 is 4.74 Å². The smallest absolute Gasteiger partial charge is 0.425 e. The van der Waals surface area contributed by atoms with Gasteiger partial charge in [-0.15, -0.1) is 0 Å². The third-order valence-corrected chi connectivity index (χ3v) is 2.29. The second-order valence-corrected chi connectivity index (χ2v) is 3.89. The number of pyridine rings is 1. The lowest BCUT2D eigenvalue weighted by molar-refractivity contribution is -0.189. The fraction of sp³-hybridized carbons (Fsp3) is 0.364. The molecule has 1 atom stereocenters. The van der Waals surface area contributed by atoms with Crippen LogP contribution in [0.15, 0.2) is 23.0 Å². The predicted molar refractivity (Wildman–Crippen MR) is 58.4 cm³/mol. The molecule has 2 aromatic heterocycles. The SMILES string of the molecule is Cc1cc(OC(C)C(F)(F)F)cc(-c2ncon2)n1. The Morgan fingerprint density at radius 2 is 2.05 bits per heavy atom. The van der Waals surface area contributed by atoms with Gasteiger partial charge in [0.25, 0.3) is 0 Å². The van der Waals surface area contributed by atoms with Gasteiger partial charge in [0.2, 0.25) is 12.2 Å². The Balaban J connectivity index is 2.28. The van der Waals surface area contributed by atoms with E-state index in [0.29, 0.717) is 5.69 Å². The number of aryl methyl sites for hydroxylation is 1. The summed E-state index contributed by atoms with van der Waals surface area (Å²) in [5.74, 6) is 0.241. The van der Waals surface area contributed by atoms with Crippen LogP contribution in [0.4, 0.5) is 13.2 Å². The maximum absolute atomic E-state index is 12.4. The van der Waals surface area contributed by atoms with Gasteiger partial charge in [0, 0.05) is 17.8 Å². The predicted octanol–water partition coefficient (Wildman–Crippen LogP) is 2.77. The maximum atomic E-state index is 12.4. The van der Waals surface area contributed by atoms with E-state index in [-0.39, 0.29) is 17.3 Å². The van der Waals surface area contributed by atoms with Crippen molar-refractivity contribution in [3.63, 3.8) is 0 Å². The number of rotatable bonds is 3. The summed E-state index contributed by atoms with van der Waals surface area (Å²) in [7, 11) is 0. The van der Waals surface area contributed by atoms with Gasteiger partial charge < -0.3 is 9.26 Å². The molecule has 0 fully saturated rings. The molecule has 0 bridgehead atoms. The molecule has 19 heavy (non-hydrogen) atoms. The number of alkyl halides is 3. The van der Waals surface area contributed by atoms with Crippen molar-refractivity contribution in [3.8, 4) is 17.3 Å². The molecule has 2 aromatic rings. The van der Waals surface area contributed by atoms with Crippen LogP contribution in [0.1, 0.15) is 12.6 Å². The van der Waals surface area contributed by atoms with E-state index in [4.69, 9.17) is 4.74 Å². The first-order chi connectivity index (χ1) is 8.86. The zero-order chi connectivity index (χ0) is 14.0. The lowest BCUT2D eigenvalue weighted by Crippen LogP contribution is -2.31. The molecular weight excluding hydrogens is 263 g/mol. The molecule has 5 nitrogen and oxygen atoms in total. The van der Waals surface area contributed by atoms with E-state index in [9.17, 15) is 13.2 Å². The summed E-state index contributed by atoms with van der Waals surface area (Å²) in [6.07, 6.45) is -5.23. The second-order valence-electron chi connectivity index (χ2n) is 3.89. The van der Waals surface area contributed by atoms with Crippen LogP contribution >= 0.6 is 0 Å². The zero-order valence-corrected chi connectivity index (χ0v) is 10.1. The van der Waals surface area contributed by atoms with Gasteiger partial charge in [-0.25, -0.2) is 4.98 Å². The molecule has 102 valence electrons. The van der Waals surface area contributed by atoms with Crippen molar-refractivity contribution < 1.29 is 22.4 Å². The number of nitrogens with zero attached hydrogens (tertiary/aromatic N) is 3. The van der Waals surface area contributed by atoms with Gasteiger partial charge in [0.05, 0.1) is 0 Å². The van der Waals surface area contributed by atoms with Crippen LogP contribution in [0.25, 0.3) is 11.5 Å². The normalized spacial score (nSPS) is 13.3. The highest BCUT2D eigenvalue weighted by molar-refractivity contribution is 5.51. The van der Waals surface area contributed by atoms with Crippen LogP contribution in [-0.4, -0.2) is 27.4 Å². The summed E-state index contributed by atoms with van der Waals surface area (Å²) >= 11 is 0. The lowest BCUT2D eigenvalue weighted by atomic mass is 10.2. The van der Waals surface area contributed by atoms with Gasteiger partial charge in [0.1, 0.15) is 11.4 Å². The largest absolute Gasteiger partial charge is 0.481 e. The number of halogens is 3. The van der Waals surface area contributed by atoms with Crippen LogP contribution in [-0.2, 0) is 0 Å². The first-order valence-electron chi connectivity index (χ1n) is 5.35. The van der Waals surface area contributed by atoms with Crippen molar-refractivity contribution in [2.45, 2.75) is 26.1 Å². The van der Waals surface area contributed by atoms with Gasteiger partial charge in [-0.3, -0.25) is 0 Å². The summed E-state index contributed by atoms with van der Waals surface area (Å²) in [4.78, 5) is 7.88. The minimum Gasteiger partial charge on any atom is -0.481 e. The Morgan fingerprint density at radius 3 is 2.63 bits per heavy atom. The third-order valence-electron chi connectivity index (χ3n) is 2.29. The number of hydrogen-bond donors (Lipinski definition) is 0. The van der Waals surface area contributed by atoms with Gasteiger partial charge >= 0.3 is 6.18 Å². The third kappa shape index (κ3) is 3.21. The summed E-state index contributed by atoms with van der Waals surface area (Å²) in [6, 6.07) is 2.74.